The summed E-state index contributed by atoms with van der Waals surface area (Å²) in [5, 5.41) is 6.86. The standard InChI is InChI=1S/C15H13N3O2/c19-15(17-12-5-2-1-3-6-12)14-8-7-13(20-14)11-18-10-4-9-16-18/h1-10H,11H2,(H,17,19). The van der Waals surface area contributed by atoms with Gasteiger partial charge < -0.3 is 9.73 Å². The third kappa shape index (κ3) is 2.77. The second kappa shape index (κ2) is 5.44. The molecule has 1 aromatic carbocycles. The van der Waals surface area contributed by atoms with Crippen LogP contribution in [-0.4, -0.2) is 15.7 Å². The molecule has 1 amide bonds. The van der Waals surface area contributed by atoms with E-state index in [-0.39, 0.29) is 11.7 Å². The first-order chi connectivity index (χ1) is 9.81. The fraction of sp³-hybridized carbons (Fsp3) is 0.0667. The smallest absolute Gasteiger partial charge is 0.291 e. The average molecular weight is 267 g/mol. The number of para-hydroxylation sites is 1. The number of hydrogen-bond acceptors (Lipinski definition) is 3. The Morgan fingerprint density at radius 3 is 2.75 bits per heavy atom. The van der Waals surface area contributed by atoms with E-state index in [0.29, 0.717) is 12.3 Å². The predicted octanol–water partition coefficient (Wildman–Crippen LogP) is 2.78. The summed E-state index contributed by atoms with van der Waals surface area (Å²) in [6, 6.07) is 14.5. The molecule has 0 fully saturated rings. The van der Waals surface area contributed by atoms with E-state index in [9.17, 15) is 4.79 Å². The van der Waals surface area contributed by atoms with E-state index < -0.39 is 0 Å². The minimum Gasteiger partial charge on any atom is -0.454 e. The van der Waals surface area contributed by atoms with E-state index in [0.717, 1.165) is 5.69 Å². The summed E-state index contributed by atoms with van der Waals surface area (Å²) >= 11 is 0. The molecule has 0 aliphatic heterocycles. The summed E-state index contributed by atoms with van der Waals surface area (Å²) in [6.45, 7) is 0.506. The van der Waals surface area contributed by atoms with E-state index >= 15 is 0 Å². The van der Waals surface area contributed by atoms with Gasteiger partial charge >= 0.3 is 0 Å². The zero-order chi connectivity index (χ0) is 13.8. The van der Waals surface area contributed by atoms with Gasteiger partial charge in [0.05, 0.1) is 6.54 Å². The number of carbonyl (C=O) groups is 1. The third-order valence-electron chi connectivity index (χ3n) is 2.79. The average Bonchev–Trinajstić information content (AvgIpc) is 3.12. The summed E-state index contributed by atoms with van der Waals surface area (Å²) in [6.07, 6.45) is 3.54. The third-order valence-corrected chi connectivity index (χ3v) is 2.79. The summed E-state index contributed by atoms with van der Waals surface area (Å²) in [5.74, 6) is 0.714. The first kappa shape index (κ1) is 12.2. The number of anilines is 1. The molecule has 100 valence electrons. The predicted molar refractivity (Wildman–Crippen MR) is 74.4 cm³/mol. The molecule has 0 aliphatic carbocycles. The van der Waals surface area contributed by atoms with Crippen LogP contribution in [0.5, 0.6) is 0 Å². The van der Waals surface area contributed by atoms with E-state index in [1.54, 1.807) is 23.0 Å². The van der Waals surface area contributed by atoms with Gasteiger partial charge in [-0.2, -0.15) is 5.10 Å². The van der Waals surface area contributed by atoms with Crippen LogP contribution in [0.3, 0.4) is 0 Å². The molecule has 0 spiro atoms. The maximum Gasteiger partial charge on any atom is 0.291 e. The van der Waals surface area contributed by atoms with Crippen LogP contribution in [0.15, 0.2) is 65.3 Å². The highest BCUT2D eigenvalue weighted by molar-refractivity contribution is 6.02. The molecule has 0 aliphatic rings. The molecule has 0 atom stereocenters. The fourth-order valence-corrected chi connectivity index (χ4v) is 1.85. The maximum atomic E-state index is 12.0. The number of rotatable bonds is 4. The van der Waals surface area contributed by atoms with E-state index in [1.807, 2.05) is 42.6 Å². The zero-order valence-electron chi connectivity index (χ0n) is 10.7. The number of benzene rings is 1. The number of aromatic nitrogens is 2. The summed E-state index contributed by atoms with van der Waals surface area (Å²) in [5.41, 5.74) is 0.738. The lowest BCUT2D eigenvalue weighted by Crippen LogP contribution is -2.10. The van der Waals surface area contributed by atoms with Crippen LogP contribution >= 0.6 is 0 Å². The number of nitrogens with zero attached hydrogens (tertiary/aromatic N) is 2. The quantitative estimate of drug-likeness (QED) is 0.790. The van der Waals surface area contributed by atoms with Crippen molar-refractivity contribution >= 4 is 11.6 Å². The lowest BCUT2D eigenvalue weighted by Gasteiger charge is -2.02. The van der Waals surface area contributed by atoms with Crippen molar-refractivity contribution in [3.05, 3.63) is 72.4 Å². The van der Waals surface area contributed by atoms with Crippen LogP contribution < -0.4 is 5.32 Å². The van der Waals surface area contributed by atoms with Gasteiger partial charge in [0.25, 0.3) is 5.91 Å². The number of hydrogen-bond donors (Lipinski definition) is 1. The Morgan fingerprint density at radius 2 is 2.00 bits per heavy atom. The Balaban J connectivity index is 1.68. The van der Waals surface area contributed by atoms with Crippen molar-refractivity contribution in [1.29, 1.82) is 0 Å². The molecule has 2 aromatic heterocycles. The number of amides is 1. The highest BCUT2D eigenvalue weighted by Gasteiger charge is 2.11. The van der Waals surface area contributed by atoms with Gasteiger partial charge in [0.1, 0.15) is 5.76 Å². The number of nitrogens with one attached hydrogen (secondary N) is 1. The molecule has 0 saturated heterocycles. The summed E-state index contributed by atoms with van der Waals surface area (Å²) in [4.78, 5) is 12.0. The van der Waals surface area contributed by atoms with Gasteiger partial charge in [-0.3, -0.25) is 9.48 Å². The lowest BCUT2D eigenvalue weighted by atomic mass is 10.3. The van der Waals surface area contributed by atoms with Crippen molar-refractivity contribution in [2.45, 2.75) is 6.54 Å². The van der Waals surface area contributed by atoms with Crippen LogP contribution in [0.4, 0.5) is 5.69 Å². The van der Waals surface area contributed by atoms with E-state index in [1.165, 1.54) is 0 Å². The topological polar surface area (TPSA) is 60.1 Å². The molecule has 0 radical (unpaired) electrons. The molecule has 5 heteroatoms. The highest BCUT2D eigenvalue weighted by atomic mass is 16.4. The molecular weight excluding hydrogens is 254 g/mol. The zero-order valence-corrected chi connectivity index (χ0v) is 10.7. The molecular formula is C15H13N3O2. The maximum absolute atomic E-state index is 12.0. The van der Waals surface area contributed by atoms with Gasteiger partial charge in [-0.1, -0.05) is 18.2 Å². The molecule has 0 unspecified atom stereocenters. The van der Waals surface area contributed by atoms with E-state index in [4.69, 9.17) is 4.42 Å². The Morgan fingerprint density at radius 1 is 1.15 bits per heavy atom. The second-order valence-corrected chi connectivity index (χ2v) is 4.29. The van der Waals surface area contributed by atoms with Crippen molar-refractivity contribution in [3.8, 4) is 0 Å². The van der Waals surface area contributed by atoms with E-state index in [2.05, 4.69) is 10.4 Å². The Kier molecular flexibility index (Phi) is 3.33. The monoisotopic (exact) mass is 267 g/mol. The Labute approximate surface area is 115 Å². The molecule has 0 bridgehead atoms. The molecule has 1 N–H and O–H groups in total. The molecule has 20 heavy (non-hydrogen) atoms. The van der Waals surface area contributed by atoms with Crippen molar-refractivity contribution in [2.24, 2.45) is 0 Å². The SMILES string of the molecule is O=C(Nc1ccccc1)c1ccc(Cn2cccn2)o1. The summed E-state index contributed by atoms with van der Waals surface area (Å²) < 4.78 is 7.25. The van der Waals surface area contributed by atoms with Gasteiger partial charge in [0.2, 0.25) is 0 Å². The molecule has 3 rings (SSSR count). The van der Waals surface area contributed by atoms with Crippen LogP contribution in [0.1, 0.15) is 16.3 Å². The number of furan rings is 1. The highest BCUT2D eigenvalue weighted by Crippen LogP contribution is 2.12. The van der Waals surface area contributed by atoms with Crippen LogP contribution in [0.2, 0.25) is 0 Å². The molecule has 2 heterocycles. The minimum atomic E-state index is -0.261. The second-order valence-electron chi connectivity index (χ2n) is 4.29. The Hall–Kier alpha value is -2.82. The van der Waals surface area contributed by atoms with Gasteiger partial charge in [-0.25, -0.2) is 0 Å². The van der Waals surface area contributed by atoms with Crippen LogP contribution in [0.25, 0.3) is 0 Å². The van der Waals surface area contributed by atoms with Crippen molar-refractivity contribution < 1.29 is 9.21 Å². The van der Waals surface area contributed by atoms with Crippen molar-refractivity contribution in [2.75, 3.05) is 5.32 Å². The lowest BCUT2D eigenvalue weighted by molar-refractivity contribution is 0.0994. The fourth-order valence-electron chi connectivity index (χ4n) is 1.85. The summed E-state index contributed by atoms with van der Waals surface area (Å²) in [7, 11) is 0. The first-order valence-corrected chi connectivity index (χ1v) is 6.24. The Bertz CT molecular complexity index is 687. The normalized spacial score (nSPS) is 10.4. The van der Waals surface area contributed by atoms with Crippen molar-refractivity contribution in [3.63, 3.8) is 0 Å². The first-order valence-electron chi connectivity index (χ1n) is 6.24. The molecule has 0 saturated carbocycles. The van der Waals surface area contributed by atoms with Gasteiger partial charge in [0, 0.05) is 18.1 Å². The molecule has 5 nitrogen and oxygen atoms in total. The molecule has 3 aromatic rings. The van der Waals surface area contributed by atoms with Gasteiger partial charge in [0.15, 0.2) is 5.76 Å². The minimum absolute atomic E-state index is 0.261. The number of carbonyl (C=O) groups excluding carboxylic acids is 1. The van der Waals surface area contributed by atoms with Crippen molar-refractivity contribution in [1.82, 2.24) is 9.78 Å². The van der Waals surface area contributed by atoms with Gasteiger partial charge in [-0.15, -0.1) is 0 Å². The van der Waals surface area contributed by atoms with Crippen LogP contribution in [-0.2, 0) is 6.54 Å². The van der Waals surface area contributed by atoms with Crippen LogP contribution in [0, 0.1) is 0 Å². The van der Waals surface area contributed by atoms with Gasteiger partial charge in [-0.05, 0) is 30.3 Å². The largest absolute Gasteiger partial charge is 0.454 e.